The Bertz CT molecular complexity index is 1240. The van der Waals surface area contributed by atoms with Gasteiger partial charge in [-0.25, -0.2) is 9.59 Å². The Morgan fingerprint density at radius 2 is 1.56 bits per heavy atom. The molecule has 1 atom stereocenters. The van der Waals surface area contributed by atoms with E-state index in [-0.39, 0.29) is 17.4 Å². The van der Waals surface area contributed by atoms with E-state index < -0.39 is 24.3 Å². The van der Waals surface area contributed by atoms with Gasteiger partial charge in [0.05, 0.1) is 24.0 Å². The number of hydrogen-bond acceptors (Lipinski definition) is 6. The van der Waals surface area contributed by atoms with Gasteiger partial charge in [-0.2, -0.15) is 26.3 Å². The second-order valence-corrected chi connectivity index (χ2v) is 9.30. The minimum absolute atomic E-state index is 0.0207. The van der Waals surface area contributed by atoms with Crippen LogP contribution < -0.4 is 4.90 Å². The zero-order valence-corrected chi connectivity index (χ0v) is 21.9. The molecule has 2 fully saturated rings. The molecule has 0 radical (unpaired) electrons. The number of likely N-dealkylation sites (tertiary alicyclic amines) is 1. The number of hydrogen-bond donors (Lipinski definition) is 2. The third kappa shape index (κ3) is 9.04. The fourth-order valence-corrected chi connectivity index (χ4v) is 4.17. The lowest BCUT2D eigenvalue weighted by molar-refractivity contribution is -0.193. The molecule has 1 aromatic carbocycles. The van der Waals surface area contributed by atoms with Crippen LogP contribution in [0.3, 0.4) is 0 Å². The van der Waals surface area contributed by atoms with Crippen molar-refractivity contribution in [3.63, 3.8) is 0 Å². The lowest BCUT2D eigenvalue weighted by Crippen LogP contribution is -2.64. The first-order valence-electron chi connectivity index (χ1n) is 11.4. The van der Waals surface area contributed by atoms with E-state index in [0.717, 1.165) is 12.1 Å². The van der Waals surface area contributed by atoms with Crippen LogP contribution in [0.4, 0.5) is 32.0 Å². The van der Waals surface area contributed by atoms with Crippen molar-refractivity contribution in [2.45, 2.75) is 24.3 Å². The second-order valence-electron chi connectivity index (χ2n) is 8.86. The molecular weight excluding hydrogens is 590 g/mol. The number of anilines is 1. The van der Waals surface area contributed by atoms with Gasteiger partial charge >= 0.3 is 24.3 Å². The van der Waals surface area contributed by atoms with Crippen molar-refractivity contribution in [1.82, 2.24) is 14.8 Å². The minimum atomic E-state index is -5.08. The maximum atomic E-state index is 12.9. The Balaban J connectivity index is 0.000000349. The van der Waals surface area contributed by atoms with Crippen LogP contribution in [-0.2, 0) is 14.4 Å². The Hall–Kier alpha value is -3.92. The van der Waals surface area contributed by atoms with E-state index in [4.69, 9.17) is 31.4 Å². The third-order valence-electron chi connectivity index (χ3n) is 6.07. The van der Waals surface area contributed by atoms with Crippen LogP contribution in [0.15, 0.2) is 48.8 Å². The molecule has 3 heterocycles. The van der Waals surface area contributed by atoms with Crippen LogP contribution >= 0.6 is 11.6 Å². The Morgan fingerprint density at radius 1 is 0.976 bits per heavy atom. The number of alkyl halides is 6. The number of carboxylic acids is 2. The van der Waals surface area contributed by atoms with Gasteiger partial charge in [0, 0.05) is 36.4 Å². The van der Waals surface area contributed by atoms with Crippen molar-refractivity contribution in [3.8, 4) is 0 Å². The lowest BCUT2D eigenvalue weighted by Gasteiger charge is -2.46. The monoisotopic (exact) mass is 612 g/mol. The van der Waals surface area contributed by atoms with Crippen molar-refractivity contribution >= 4 is 41.0 Å². The Kier molecular flexibility index (Phi) is 10.7. The van der Waals surface area contributed by atoms with E-state index in [2.05, 4.69) is 9.88 Å². The number of pyridine rings is 1. The number of aromatic nitrogens is 1. The third-order valence-corrected chi connectivity index (χ3v) is 6.30. The molecule has 4 rings (SSSR count). The van der Waals surface area contributed by atoms with Gasteiger partial charge in [0.15, 0.2) is 0 Å². The van der Waals surface area contributed by atoms with Crippen molar-refractivity contribution in [1.29, 1.82) is 0 Å². The number of rotatable bonds is 2. The van der Waals surface area contributed by atoms with Gasteiger partial charge in [-0.3, -0.25) is 19.5 Å². The largest absolute Gasteiger partial charge is 0.490 e. The highest BCUT2D eigenvalue weighted by Gasteiger charge is 2.48. The summed E-state index contributed by atoms with van der Waals surface area (Å²) in [6, 6.07) is 10.8. The second kappa shape index (κ2) is 13.2. The van der Waals surface area contributed by atoms with Gasteiger partial charge in [-0.15, -0.1) is 0 Å². The molecule has 2 saturated heterocycles. The number of benzene rings is 1. The number of carbonyl (C=O) groups excluding carboxylic acids is 2. The number of likely N-dealkylation sites (N-methyl/N-ethyl adjacent to an activating group) is 1. The van der Waals surface area contributed by atoms with Gasteiger partial charge in [0.2, 0.25) is 5.91 Å². The Morgan fingerprint density at radius 3 is 2.05 bits per heavy atom. The average Bonchev–Trinajstić information content (AvgIpc) is 3.31. The van der Waals surface area contributed by atoms with Crippen LogP contribution in [0.1, 0.15) is 16.8 Å². The smallest absolute Gasteiger partial charge is 0.475 e. The summed E-state index contributed by atoms with van der Waals surface area (Å²) in [5.74, 6) is -5.48. The molecule has 0 bridgehead atoms. The van der Waals surface area contributed by atoms with Gasteiger partial charge in [0.1, 0.15) is 0 Å². The highest BCUT2D eigenvalue weighted by Crippen LogP contribution is 2.34. The average molecular weight is 613 g/mol. The van der Waals surface area contributed by atoms with Crippen LogP contribution in [0, 0.1) is 0 Å². The molecule has 17 heteroatoms. The molecule has 10 nitrogen and oxygen atoms in total. The highest BCUT2D eigenvalue weighted by atomic mass is 35.5. The summed E-state index contributed by atoms with van der Waals surface area (Å²) in [6.07, 6.45) is -5.94. The first kappa shape index (κ1) is 33.3. The van der Waals surface area contributed by atoms with E-state index in [1.807, 2.05) is 24.1 Å². The SMILES string of the molecule is CN1CC(=O)N(c2cccnc2)CC12CCN(C(=O)c1cccc(Cl)c1)C2.O=C(O)C(F)(F)F.O=C(O)C(F)(F)F. The molecule has 224 valence electrons. The maximum absolute atomic E-state index is 12.9. The van der Waals surface area contributed by atoms with Gasteiger partial charge in [-0.05, 0) is 43.8 Å². The normalized spacial score (nSPS) is 19.2. The van der Waals surface area contributed by atoms with E-state index >= 15 is 0 Å². The number of halogens is 7. The summed E-state index contributed by atoms with van der Waals surface area (Å²) in [7, 11) is 1.96. The minimum Gasteiger partial charge on any atom is -0.475 e. The molecular formula is C24H23ClF6N4O6. The van der Waals surface area contributed by atoms with Crippen LogP contribution in [-0.4, -0.2) is 99.9 Å². The van der Waals surface area contributed by atoms with E-state index in [9.17, 15) is 35.9 Å². The molecule has 1 spiro atoms. The topological polar surface area (TPSA) is 131 Å². The highest BCUT2D eigenvalue weighted by molar-refractivity contribution is 6.31. The quantitative estimate of drug-likeness (QED) is 0.493. The fraction of sp³-hybridized carbons (Fsp3) is 0.375. The fourth-order valence-electron chi connectivity index (χ4n) is 3.98. The zero-order valence-electron chi connectivity index (χ0n) is 21.1. The molecule has 2 aliphatic heterocycles. The number of nitrogens with zero attached hydrogens (tertiary/aromatic N) is 4. The number of amides is 2. The van der Waals surface area contributed by atoms with Gasteiger partial charge in [-0.1, -0.05) is 17.7 Å². The van der Waals surface area contributed by atoms with E-state index in [0.29, 0.717) is 36.8 Å². The Labute approximate surface area is 233 Å². The molecule has 2 N–H and O–H groups in total. The molecule has 2 aromatic rings. The first-order chi connectivity index (χ1) is 18.9. The summed E-state index contributed by atoms with van der Waals surface area (Å²) in [6.45, 7) is 2.12. The van der Waals surface area contributed by atoms with Crippen LogP contribution in [0.5, 0.6) is 0 Å². The number of aliphatic carboxylic acids is 2. The summed E-state index contributed by atoms with van der Waals surface area (Å²) in [4.78, 5) is 53.2. The standard InChI is InChI=1S/C20H21ClN4O2.2C2HF3O2/c1-23-12-18(26)25(17-6-3-8-22-11-17)14-20(23)7-9-24(13-20)19(27)15-4-2-5-16(21)10-15;2*3-2(4,5)1(6)7/h2-6,8,10-11H,7,9,12-14H2,1H3;2*(H,6,7). The zero-order chi connectivity index (χ0) is 31.2. The maximum Gasteiger partial charge on any atom is 0.490 e. The number of carbonyl (C=O) groups is 4. The molecule has 41 heavy (non-hydrogen) atoms. The van der Waals surface area contributed by atoms with Crippen molar-refractivity contribution < 1.29 is 55.7 Å². The lowest BCUT2D eigenvalue weighted by atomic mass is 9.92. The van der Waals surface area contributed by atoms with Crippen LogP contribution in [0.25, 0.3) is 0 Å². The van der Waals surface area contributed by atoms with E-state index in [1.54, 1.807) is 41.6 Å². The summed E-state index contributed by atoms with van der Waals surface area (Å²) >= 11 is 6.03. The number of carboxylic acid groups (broad SMARTS) is 2. The molecule has 2 amide bonds. The summed E-state index contributed by atoms with van der Waals surface area (Å²) in [5, 5.41) is 14.8. The summed E-state index contributed by atoms with van der Waals surface area (Å²) < 4.78 is 63.5. The van der Waals surface area contributed by atoms with Crippen molar-refractivity contribution in [3.05, 3.63) is 59.4 Å². The first-order valence-corrected chi connectivity index (χ1v) is 11.8. The van der Waals surface area contributed by atoms with Crippen LogP contribution in [0.2, 0.25) is 5.02 Å². The number of piperazine rings is 1. The predicted molar refractivity (Wildman–Crippen MR) is 131 cm³/mol. The molecule has 2 aliphatic rings. The van der Waals surface area contributed by atoms with Crippen molar-refractivity contribution in [2.75, 3.05) is 38.1 Å². The van der Waals surface area contributed by atoms with Gasteiger partial charge in [0.25, 0.3) is 5.91 Å². The summed E-state index contributed by atoms with van der Waals surface area (Å²) in [5.41, 5.74) is 1.14. The van der Waals surface area contributed by atoms with Gasteiger partial charge < -0.3 is 20.0 Å². The molecule has 0 aliphatic carbocycles. The van der Waals surface area contributed by atoms with E-state index in [1.165, 1.54) is 0 Å². The molecule has 1 unspecified atom stereocenters. The predicted octanol–water partition coefficient (Wildman–Crippen LogP) is 3.56. The van der Waals surface area contributed by atoms with Crippen molar-refractivity contribution in [2.24, 2.45) is 0 Å². The molecule has 0 saturated carbocycles. The molecule has 1 aromatic heterocycles.